The fraction of sp³-hybridized carbons (Fsp3) is 0.375. The third-order valence-electron chi connectivity index (χ3n) is 1.89. The van der Waals surface area contributed by atoms with E-state index in [2.05, 4.69) is 4.98 Å². The Kier molecular flexibility index (Phi) is 3.67. The zero-order valence-corrected chi connectivity index (χ0v) is 8.31. The largest absolute Gasteiger partial charge is 0.463 e. The summed E-state index contributed by atoms with van der Waals surface area (Å²) in [6.45, 7) is -0.0894. The van der Waals surface area contributed by atoms with Gasteiger partial charge in [0.2, 0.25) is 0 Å². The molecule has 0 aromatic carbocycles. The van der Waals surface area contributed by atoms with Crippen molar-refractivity contribution in [1.82, 2.24) is 4.98 Å². The van der Waals surface area contributed by atoms with Gasteiger partial charge in [-0.25, -0.2) is 8.78 Å². The lowest BCUT2D eigenvalue weighted by atomic mass is 10.2. The first-order chi connectivity index (χ1) is 7.51. The normalized spacial score (nSPS) is 10.6. The van der Waals surface area contributed by atoms with Crippen molar-refractivity contribution in [2.24, 2.45) is 5.73 Å². The second-order valence-electron chi connectivity index (χ2n) is 2.83. The second-order valence-corrected chi connectivity index (χ2v) is 2.83. The van der Waals surface area contributed by atoms with Gasteiger partial charge in [-0.2, -0.15) is 0 Å². The predicted octanol–water partition coefficient (Wildman–Crippen LogP) is 1.39. The number of halogens is 2. The number of ether oxygens (including phenoxy) is 1. The number of hydrogen-bond acceptors (Lipinski definition) is 5. The van der Waals surface area contributed by atoms with Crippen molar-refractivity contribution in [3.63, 3.8) is 0 Å². The van der Waals surface area contributed by atoms with Gasteiger partial charge >= 0.3 is 11.7 Å². The monoisotopic (exact) mass is 233 g/mol. The van der Waals surface area contributed by atoms with Crippen LogP contribution in [0.25, 0.3) is 0 Å². The van der Waals surface area contributed by atoms with Crippen LogP contribution in [0.15, 0.2) is 6.07 Å². The van der Waals surface area contributed by atoms with E-state index in [1.54, 1.807) is 0 Å². The molecule has 0 amide bonds. The lowest BCUT2D eigenvalue weighted by molar-refractivity contribution is -0.391. The van der Waals surface area contributed by atoms with E-state index in [1.165, 1.54) is 7.11 Å². The van der Waals surface area contributed by atoms with Gasteiger partial charge in [0.15, 0.2) is 0 Å². The molecule has 6 nitrogen and oxygen atoms in total. The maximum absolute atomic E-state index is 12.5. The Bertz CT molecular complexity index is 412. The molecule has 1 aromatic heterocycles. The summed E-state index contributed by atoms with van der Waals surface area (Å²) in [5, 5.41) is 10.5. The summed E-state index contributed by atoms with van der Waals surface area (Å²) in [7, 11) is 1.23. The van der Waals surface area contributed by atoms with Gasteiger partial charge in [-0.15, -0.1) is 0 Å². The zero-order valence-electron chi connectivity index (χ0n) is 8.31. The van der Waals surface area contributed by atoms with Crippen molar-refractivity contribution in [1.29, 1.82) is 0 Å². The Labute approximate surface area is 89.2 Å². The molecule has 0 spiro atoms. The molecule has 0 fully saturated rings. The fourth-order valence-corrected chi connectivity index (χ4v) is 1.18. The molecule has 0 radical (unpaired) electrons. The smallest absolute Gasteiger partial charge is 0.376 e. The molecule has 0 saturated carbocycles. The van der Waals surface area contributed by atoms with E-state index in [1.807, 2.05) is 0 Å². The van der Waals surface area contributed by atoms with Crippen LogP contribution < -0.4 is 10.5 Å². The highest BCUT2D eigenvalue weighted by atomic mass is 19.3. The van der Waals surface area contributed by atoms with Gasteiger partial charge < -0.3 is 20.6 Å². The van der Waals surface area contributed by atoms with Crippen molar-refractivity contribution >= 4 is 5.82 Å². The zero-order chi connectivity index (χ0) is 12.3. The van der Waals surface area contributed by atoms with Crippen molar-refractivity contribution in [3.8, 4) is 5.88 Å². The van der Waals surface area contributed by atoms with Crippen LogP contribution in [-0.2, 0) is 6.54 Å². The number of aromatic nitrogens is 1. The Morgan fingerprint density at radius 2 is 2.31 bits per heavy atom. The van der Waals surface area contributed by atoms with E-state index in [0.29, 0.717) is 0 Å². The van der Waals surface area contributed by atoms with Crippen LogP contribution in [0.5, 0.6) is 5.88 Å². The number of nitrogens with zero attached hydrogens (tertiary/aromatic N) is 2. The van der Waals surface area contributed by atoms with Gasteiger partial charge in [-0.3, -0.25) is 0 Å². The Hall–Kier alpha value is -1.83. The van der Waals surface area contributed by atoms with Crippen LogP contribution in [0.3, 0.4) is 0 Å². The average molecular weight is 233 g/mol. The van der Waals surface area contributed by atoms with Crippen LogP contribution in [0, 0.1) is 10.1 Å². The SMILES string of the molecule is COc1nc([N+](=O)[O-])c(C(F)F)cc1CN. The quantitative estimate of drug-likeness (QED) is 0.626. The highest BCUT2D eigenvalue weighted by molar-refractivity contribution is 5.42. The maximum Gasteiger partial charge on any atom is 0.376 e. The third-order valence-corrected chi connectivity index (χ3v) is 1.89. The van der Waals surface area contributed by atoms with Crippen molar-refractivity contribution in [2.75, 3.05) is 7.11 Å². The number of methoxy groups -OCH3 is 1. The number of alkyl halides is 2. The molecule has 88 valence electrons. The second kappa shape index (κ2) is 4.79. The summed E-state index contributed by atoms with van der Waals surface area (Å²) in [6, 6.07) is 0.939. The molecular weight excluding hydrogens is 224 g/mol. The lowest BCUT2D eigenvalue weighted by Crippen LogP contribution is -2.07. The molecule has 0 aliphatic carbocycles. The standard InChI is InChI=1S/C8H9F2N3O3/c1-16-8-4(3-11)2-5(6(9)10)7(12-8)13(14)15/h2,6H,3,11H2,1H3. The fourth-order valence-electron chi connectivity index (χ4n) is 1.18. The molecule has 0 aliphatic rings. The van der Waals surface area contributed by atoms with E-state index >= 15 is 0 Å². The molecule has 1 heterocycles. The number of pyridine rings is 1. The van der Waals surface area contributed by atoms with Crippen molar-refractivity contribution in [2.45, 2.75) is 13.0 Å². The average Bonchev–Trinajstić information content (AvgIpc) is 2.26. The minimum absolute atomic E-state index is 0.0894. The number of hydrogen-bond donors (Lipinski definition) is 1. The van der Waals surface area contributed by atoms with Crippen LogP contribution in [-0.4, -0.2) is 17.0 Å². The van der Waals surface area contributed by atoms with Gasteiger partial charge in [-0.05, 0) is 11.0 Å². The summed E-state index contributed by atoms with van der Waals surface area (Å²) >= 11 is 0. The molecule has 0 bridgehead atoms. The summed E-state index contributed by atoms with van der Waals surface area (Å²) in [5.41, 5.74) is 4.73. The Morgan fingerprint density at radius 1 is 1.69 bits per heavy atom. The Balaban J connectivity index is 3.41. The summed E-state index contributed by atoms with van der Waals surface area (Å²) in [5.74, 6) is -1.03. The van der Waals surface area contributed by atoms with Crippen LogP contribution in [0.1, 0.15) is 17.6 Å². The molecule has 16 heavy (non-hydrogen) atoms. The minimum Gasteiger partial charge on any atom is -0.463 e. The van der Waals surface area contributed by atoms with Gasteiger partial charge in [0.25, 0.3) is 6.43 Å². The summed E-state index contributed by atoms with van der Waals surface area (Å²) < 4.78 is 29.7. The van der Waals surface area contributed by atoms with Crippen LogP contribution >= 0.6 is 0 Å². The lowest BCUT2D eigenvalue weighted by Gasteiger charge is -2.06. The third kappa shape index (κ3) is 2.22. The highest BCUT2D eigenvalue weighted by Gasteiger charge is 2.27. The molecular formula is C8H9F2N3O3. The number of nitrogens with two attached hydrogens (primary N) is 1. The van der Waals surface area contributed by atoms with Crippen molar-refractivity contribution < 1.29 is 18.4 Å². The Morgan fingerprint density at radius 3 is 2.69 bits per heavy atom. The van der Waals surface area contributed by atoms with Gasteiger partial charge in [-0.1, -0.05) is 0 Å². The first-order valence-corrected chi connectivity index (χ1v) is 4.21. The van der Waals surface area contributed by atoms with Gasteiger partial charge in [0.05, 0.1) is 12.7 Å². The first kappa shape index (κ1) is 12.2. The molecule has 8 heteroatoms. The minimum atomic E-state index is -2.98. The van der Waals surface area contributed by atoms with E-state index in [-0.39, 0.29) is 18.0 Å². The molecule has 2 N–H and O–H groups in total. The summed E-state index contributed by atoms with van der Waals surface area (Å²) in [6.07, 6.45) is -2.98. The predicted molar refractivity (Wildman–Crippen MR) is 50.3 cm³/mol. The summed E-state index contributed by atoms with van der Waals surface area (Å²) in [4.78, 5) is 12.9. The van der Waals surface area contributed by atoms with Crippen LogP contribution in [0.2, 0.25) is 0 Å². The highest BCUT2D eigenvalue weighted by Crippen LogP contribution is 2.31. The van der Waals surface area contributed by atoms with E-state index < -0.39 is 22.7 Å². The topological polar surface area (TPSA) is 91.3 Å². The maximum atomic E-state index is 12.5. The van der Waals surface area contributed by atoms with Crippen LogP contribution in [0.4, 0.5) is 14.6 Å². The number of rotatable bonds is 4. The molecule has 0 unspecified atom stereocenters. The van der Waals surface area contributed by atoms with Gasteiger partial charge in [0.1, 0.15) is 5.56 Å². The molecule has 1 aromatic rings. The van der Waals surface area contributed by atoms with E-state index in [9.17, 15) is 18.9 Å². The van der Waals surface area contributed by atoms with Crippen molar-refractivity contribution in [3.05, 3.63) is 27.3 Å². The molecule has 0 atom stereocenters. The van der Waals surface area contributed by atoms with Gasteiger partial charge in [0, 0.05) is 11.5 Å². The van der Waals surface area contributed by atoms with E-state index in [4.69, 9.17) is 10.5 Å². The number of nitro groups is 1. The molecule has 0 aliphatic heterocycles. The van der Waals surface area contributed by atoms with E-state index in [0.717, 1.165) is 6.07 Å². The molecule has 1 rings (SSSR count). The molecule has 0 saturated heterocycles. The first-order valence-electron chi connectivity index (χ1n) is 4.21.